The summed E-state index contributed by atoms with van der Waals surface area (Å²) in [4.78, 5) is 11.1. The molecule has 0 saturated carbocycles. The molecule has 1 aromatic heterocycles. The van der Waals surface area contributed by atoms with E-state index < -0.39 is 6.04 Å². The van der Waals surface area contributed by atoms with Crippen molar-refractivity contribution < 1.29 is 4.79 Å². The lowest BCUT2D eigenvalue weighted by molar-refractivity contribution is -0.118. The molecular formula is C11H13N5O. The van der Waals surface area contributed by atoms with Crippen molar-refractivity contribution in [1.29, 1.82) is 0 Å². The standard InChI is InChI=1S/C11H13N5O/c1-7(17)10(12)6-8-3-2-4-9(5-8)11-13-15-16-14-11/h2-5,10H,6,12H2,1H3,(H,13,14,15,16)/t10-/m0/s1. The van der Waals surface area contributed by atoms with Gasteiger partial charge in [-0.3, -0.25) is 4.79 Å². The van der Waals surface area contributed by atoms with Crippen LogP contribution in [0.15, 0.2) is 24.3 Å². The molecule has 6 nitrogen and oxygen atoms in total. The van der Waals surface area contributed by atoms with E-state index in [1.165, 1.54) is 6.92 Å². The minimum absolute atomic E-state index is 0.0186. The molecule has 3 N–H and O–H groups in total. The summed E-state index contributed by atoms with van der Waals surface area (Å²) < 4.78 is 0. The molecule has 0 bridgehead atoms. The summed E-state index contributed by atoms with van der Waals surface area (Å²) in [5.74, 6) is 0.512. The molecule has 0 spiro atoms. The predicted molar refractivity (Wildman–Crippen MR) is 62.0 cm³/mol. The maximum Gasteiger partial charge on any atom is 0.204 e. The number of hydrogen-bond donors (Lipinski definition) is 2. The van der Waals surface area contributed by atoms with Crippen LogP contribution in [0.5, 0.6) is 0 Å². The van der Waals surface area contributed by atoms with Gasteiger partial charge in [0.25, 0.3) is 0 Å². The smallest absolute Gasteiger partial charge is 0.204 e. The van der Waals surface area contributed by atoms with Crippen LogP contribution in [0.4, 0.5) is 0 Å². The largest absolute Gasteiger partial charge is 0.321 e. The molecule has 2 aromatic rings. The first-order chi connectivity index (χ1) is 8.16. The topological polar surface area (TPSA) is 97.5 Å². The number of rotatable bonds is 4. The van der Waals surface area contributed by atoms with Gasteiger partial charge in [-0.1, -0.05) is 18.2 Å². The lowest BCUT2D eigenvalue weighted by Crippen LogP contribution is -2.30. The summed E-state index contributed by atoms with van der Waals surface area (Å²) in [5.41, 5.74) is 7.55. The van der Waals surface area contributed by atoms with Crippen LogP contribution < -0.4 is 5.73 Å². The van der Waals surface area contributed by atoms with Crippen molar-refractivity contribution in [3.05, 3.63) is 29.8 Å². The lowest BCUT2D eigenvalue weighted by Gasteiger charge is -2.08. The van der Waals surface area contributed by atoms with E-state index >= 15 is 0 Å². The number of carbonyl (C=O) groups excluding carboxylic acids is 1. The van der Waals surface area contributed by atoms with E-state index in [9.17, 15) is 4.79 Å². The first kappa shape index (κ1) is 11.4. The third kappa shape index (κ3) is 2.73. The number of aromatic nitrogens is 4. The number of Topliss-reactive ketones (excluding diaryl/α,β-unsaturated/α-hetero) is 1. The molecule has 0 aliphatic carbocycles. The van der Waals surface area contributed by atoms with Crippen LogP contribution in [0.3, 0.4) is 0 Å². The van der Waals surface area contributed by atoms with Crippen LogP contribution in [0.2, 0.25) is 0 Å². The molecule has 0 aliphatic rings. The van der Waals surface area contributed by atoms with Gasteiger partial charge in [-0.2, -0.15) is 5.21 Å². The number of ketones is 1. The van der Waals surface area contributed by atoms with E-state index in [4.69, 9.17) is 5.73 Å². The van der Waals surface area contributed by atoms with Crippen LogP contribution in [-0.4, -0.2) is 32.4 Å². The van der Waals surface area contributed by atoms with Gasteiger partial charge in [0.15, 0.2) is 0 Å². The summed E-state index contributed by atoms with van der Waals surface area (Å²) >= 11 is 0. The molecule has 0 radical (unpaired) electrons. The normalized spacial score (nSPS) is 12.4. The fourth-order valence-electron chi connectivity index (χ4n) is 1.52. The lowest BCUT2D eigenvalue weighted by atomic mass is 10.0. The highest BCUT2D eigenvalue weighted by Gasteiger charge is 2.10. The Morgan fingerprint density at radius 1 is 1.53 bits per heavy atom. The molecule has 1 aromatic carbocycles. The summed E-state index contributed by atoms with van der Waals surface area (Å²) in [6, 6.07) is 7.14. The molecule has 1 atom stereocenters. The van der Waals surface area contributed by atoms with Crippen molar-refractivity contribution in [3.8, 4) is 11.4 Å². The first-order valence-corrected chi connectivity index (χ1v) is 5.25. The third-order valence-electron chi connectivity index (χ3n) is 2.51. The Kier molecular flexibility index (Phi) is 3.24. The molecule has 0 unspecified atom stereocenters. The van der Waals surface area contributed by atoms with Gasteiger partial charge in [-0.15, -0.1) is 10.2 Å². The molecule has 0 saturated heterocycles. The van der Waals surface area contributed by atoms with Crippen LogP contribution in [-0.2, 0) is 11.2 Å². The summed E-state index contributed by atoms with van der Waals surface area (Å²) in [5, 5.41) is 13.7. The zero-order valence-corrected chi connectivity index (χ0v) is 9.42. The Morgan fingerprint density at radius 2 is 2.35 bits per heavy atom. The van der Waals surface area contributed by atoms with Crippen LogP contribution in [0, 0.1) is 0 Å². The number of nitrogens with one attached hydrogen (secondary N) is 1. The number of H-pyrrole nitrogens is 1. The fourth-order valence-corrected chi connectivity index (χ4v) is 1.52. The van der Waals surface area contributed by atoms with Gasteiger partial charge in [0, 0.05) is 5.56 Å². The minimum atomic E-state index is -0.462. The van der Waals surface area contributed by atoms with Crippen molar-refractivity contribution in [2.75, 3.05) is 0 Å². The van der Waals surface area contributed by atoms with Crippen LogP contribution >= 0.6 is 0 Å². The molecular weight excluding hydrogens is 218 g/mol. The van der Waals surface area contributed by atoms with E-state index in [-0.39, 0.29) is 5.78 Å². The molecule has 6 heteroatoms. The Bertz CT molecular complexity index is 508. The Balaban J connectivity index is 2.20. The van der Waals surface area contributed by atoms with Crippen molar-refractivity contribution in [2.24, 2.45) is 5.73 Å². The maximum atomic E-state index is 11.1. The monoisotopic (exact) mass is 231 g/mol. The van der Waals surface area contributed by atoms with Crippen molar-refractivity contribution in [1.82, 2.24) is 20.6 Å². The number of aromatic amines is 1. The van der Waals surface area contributed by atoms with E-state index in [0.29, 0.717) is 12.2 Å². The predicted octanol–water partition coefficient (Wildman–Crippen LogP) is 0.325. The molecule has 0 amide bonds. The van der Waals surface area contributed by atoms with E-state index in [1.54, 1.807) is 0 Å². The van der Waals surface area contributed by atoms with Gasteiger partial charge in [0.2, 0.25) is 5.82 Å². The molecule has 2 rings (SSSR count). The number of hydrogen-bond acceptors (Lipinski definition) is 5. The zero-order chi connectivity index (χ0) is 12.3. The van der Waals surface area contributed by atoms with Gasteiger partial charge in [0.1, 0.15) is 5.78 Å². The first-order valence-electron chi connectivity index (χ1n) is 5.25. The second-order valence-corrected chi connectivity index (χ2v) is 3.86. The van der Waals surface area contributed by atoms with E-state index in [0.717, 1.165) is 11.1 Å². The third-order valence-corrected chi connectivity index (χ3v) is 2.51. The highest BCUT2D eigenvalue weighted by Crippen LogP contribution is 2.15. The average Bonchev–Trinajstić information content (AvgIpc) is 2.82. The quantitative estimate of drug-likeness (QED) is 0.790. The molecule has 0 fully saturated rings. The van der Waals surface area contributed by atoms with Crippen molar-refractivity contribution >= 4 is 5.78 Å². The number of carbonyl (C=O) groups is 1. The highest BCUT2D eigenvalue weighted by molar-refractivity contribution is 5.81. The van der Waals surface area contributed by atoms with Crippen LogP contribution in [0.1, 0.15) is 12.5 Å². The van der Waals surface area contributed by atoms with Gasteiger partial charge in [0.05, 0.1) is 6.04 Å². The Labute approximate surface area is 98.2 Å². The molecule has 0 aliphatic heterocycles. The minimum Gasteiger partial charge on any atom is -0.321 e. The summed E-state index contributed by atoms with van der Waals surface area (Å²) in [7, 11) is 0. The maximum absolute atomic E-state index is 11.1. The van der Waals surface area contributed by atoms with Crippen molar-refractivity contribution in [2.45, 2.75) is 19.4 Å². The number of benzene rings is 1. The number of nitrogens with two attached hydrogens (primary N) is 1. The van der Waals surface area contributed by atoms with Gasteiger partial charge in [-0.25, -0.2) is 0 Å². The van der Waals surface area contributed by atoms with E-state index in [2.05, 4.69) is 20.6 Å². The number of nitrogens with zero attached hydrogens (tertiary/aromatic N) is 3. The van der Waals surface area contributed by atoms with Gasteiger partial charge in [-0.05, 0) is 30.2 Å². The fraction of sp³-hybridized carbons (Fsp3) is 0.273. The average molecular weight is 231 g/mol. The second kappa shape index (κ2) is 4.84. The second-order valence-electron chi connectivity index (χ2n) is 3.86. The molecule has 88 valence electrons. The van der Waals surface area contributed by atoms with Crippen molar-refractivity contribution in [3.63, 3.8) is 0 Å². The van der Waals surface area contributed by atoms with E-state index in [1.807, 2.05) is 24.3 Å². The number of tetrazole rings is 1. The SMILES string of the molecule is CC(=O)[C@@H](N)Cc1cccc(-c2nn[nH]n2)c1. The summed E-state index contributed by atoms with van der Waals surface area (Å²) in [6.45, 7) is 1.49. The zero-order valence-electron chi connectivity index (χ0n) is 9.42. The Hall–Kier alpha value is -2.08. The molecule has 17 heavy (non-hydrogen) atoms. The Morgan fingerprint density at radius 3 is 3.00 bits per heavy atom. The van der Waals surface area contributed by atoms with Crippen LogP contribution in [0.25, 0.3) is 11.4 Å². The highest BCUT2D eigenvalue weighted by atomic mass is 16.1. The summed E-state index contributed by atoms with van der Waals surface area (Å²) in [6.07, 6.45) is 0.515. The van der Waals surface area contributed by atoms with Gasteiger partial charge >= 0.3 is 0 Å². The van der Waals surface area contributed by atoms with Gasteiger partial charge < -0.3 is 5.73 Å². The molecule has 1 heterocycles.